The number of aliphatic hydroxyl groups is 1. The van der Waals surface area contributed by atoms with Crippen molar-refractivity contribution in [3.63, 3.8) is 0 Å². The fourth-order valence-corrected chi connectivity index (χ4v) is 2.36. The van der Waals surface area contributed by atoms with Crippen LogP contribution in [0.15, 0.2) is 48.5 Å². The summed E-state index contributed by atoms with van der Waals surface area (Å²) in [6.45, 7) is 1.89. The maximum atomic E-state index is 8.76. The van der Waals surface area contributed by atoms with Crippen molar-refractivity contribution in [3.05, 3.63) is 59.1 Å². The molecule has 1 N–H and O–H groups in total. The molecule has 0 atom stereocenters. The third-order valence-electron chi connectivity index (χ3n) is 3.57. The van der Waals surface area contributed by atoms with Crippen LogP contribution in [0.2, 0.25) is 5.02 Å². The highest BCUT2D eigenvalue weighted by molar-refractivity contribution is 6.30. The highest BCUT2D eigenvalue weighted by atomic mass is 35.5. The Hall–Kier alpha value is -2.94. The molecule has 1 heterocycles. The number of hydrogen-bond acceptors (Lipinski definition) is 5. The normalized spacial score (nSPS) is 10.1. The summed E-state index contributed by atoms with van der Waals surface area (Å²) in [5.41, 5.74) is 3.31. The monoisotopic (exact) mass is 365 g/mol. The summed E-state index contributed by atoms with van der Waals surface area (Å²) in [6, 6.07) is 15.0. The Balaban J connectivity index is 1.99. The number of aliphatic hydroxyl groups excluding tert-OH is 1. The molecule has 0 saturated carbocycles. The van der Waals surface area contributed by atoms with Crippen molar-refractivity contribution in [1.82, 2.24) is 15.2 Å². The lowest BCUT2D eigenvalue weighted by atomic mass is 10.1. The summed E-state index contributed by atoms with van der Waals surface area (Å²) in [4.78, 5) is 4.50. The van der Waals surface area contributed by atoms with Crippen molar-refractivity contribution in [1.29, 1.82) is 0 Å². The van der Waals surface area contributed by atoms with Crippen LogP contribution in [0.25, 0.3) is 22.6 Å². The first-order chi connectivity index (χ1) is 12.7. The van der Waals surface area contributed by atoms with Gasteiger partial charge in [-0.1, -0.05) is 53.3 Å². The molecule has 0 spiro atoms. The second-order valence-corrected chi connectivity index (χ2v) is 5.90. The van der Waals surface area contributed by atoms with Gasteiger partial charge in [-0.3, -0.25) is 0 Å². The van der Waals surface area contributed by atoms with Crippen LogP contribution in [0, 0.1) is 18.8 Å². The van der Waals surface area contributed by atoms with E-state index in [9.17, 15) is 0 Å². The minimum Gasteiger partial charge on any atom is -0.463 e. The first-order valence-corrected chi connectivity index (χ1v) is 8.32. The molecular formula is C20H16ClN3O2. The van der Waals surface area contributed by atoms with Crippen molar-refractivity contribution in [2.24, 2.45) is 0 Å². The van der Waals surface area contributed by atoms with Crippen molar-refractivity contribution in [3.8, 4) is 40.4 Å². The van der Waals surface area contributed by atoms with Crippen LogP contribution in [0.1, 0.15) is 5.56 Å². The molecule has 3 rings (SSSR count). The smallest absolute Gasteiger partial charge is 0.245 e. The molecule has 26 heavy (non-hydrogen) atoms. The van der Waals surface area contributed by atoms with E-state index in [0.717, 1.165) is 16.7 Å². The molecule has 2 aromatic carbocycles. The van der Waals surface area contributed by atoms with Gasteiger partial charge in [0.2, 0.25) is 5.88 Å². The number of benzene rings is 2. The maximum absolute atomic E-state index is 8.76. The van der Waals surface area contributed by atoms with E-state index >= 15 is 0 Å². The minimum absolute atomic E-state index is 0.0954. The fourth-order valence-electron chi connectivity index (χ4n) is 2.24. The Kier molecular flexibility index (Phi) is 5.80. The lowest BCUT2D eigenvalue weighted by molar-refractivity contribution is 0.344. The summed E-state index contributed by atoms with van der Waals surface area (Å²) in [5.74, 6) is 6.02. The zero-order valence-electron chi connectivity index (χ0n) is 14.1. The van der Waals surface area contributed by atoms with E-state index in [0.29, 0.717) is 22.4 Å². The summed E-state index contributed by atoms with van der Waals surface area (Å²) < 4.78 is 5.69. The third kappa shape index (κ3) is 4.37. The quantitative estimate of drug-likeness (QED) is 0.716. The zero-order chi connectivity index (χ0) is 18.4. The van der Waals surface area contributed by atoms with Gasteiger partial charge in [-0.15, -0.1) is 10.2 Å². The highest BCUT2D eigenvalue weighted by Crippen LogP contribution is 2.28. The molecule has 0 aliphatic heterocycles. The molecule has 0 unspecified atom stereocenters. The van der Waals surface area contributed by atoms with Gasteiger partial charge in [-0.25, -0.2) is 0 Å². The van der Waals surface area contributed by atoms with Crippen LogP contribution in [0.5, 0.6) is 5.88 Å². The summed E-state index contributed by atoms with van der Waals surface area (Å²) >= 11 is 5.93. The van der Waals surface area contributed by atoms with Crippen molar-refractivity contribution in [2.75, 3.05) is 13.2 Å². The first kappa shape index (κ1) is 17.9. The maximum Gasteiger partial charge on any atom is 0.245 e. The van der Waals surface area contributed by atoms with Gasteiger partial charge in [0.05, 0.1) is 0 Å². The fraction of sp³-hybridized carbons (Fsp3) is 0.150. The van der Waals surface area contributed by atoms with Gasteiger partial charge in [0.15, 0.2) is 18.1 Å². The molecule has 0 radical (unpaired) electrons. The second kappa shape index (κ2) is 8.43. The van der Waals surface area contributed by atoms with Crippen LogP contribution in [0.3, 0.4) is 0 Å². The number of ether oxygens (including phenoxy) is 1. The predicted molar refractivity (Wildman–Crippen MR) is 101 cm³/mol. The van der Waals surface area contributed by atoms with Crippen LogP contribution in [-0.2, 0) is 0 Å². The molecule has 6 heteroatoms. The topological polar surface area (TPSA) is 68.1 Å². The molecule has 0 amide bonds. The highest BCUT2D eigenvalue weighted by Gasteiger charge is 2.14. The molecule has 5 nitrogen and oxygen atoms in total. The van der Waals surface area contributed by atoms with E-state index in [1.54, 1.807) is 12.1 Å². The van der Waals surface area contributed by atoms with Crippen molar-refractivity contribution >= 4 is 11.6 Å². The number of rotatable bonds is 4. The van der Waals surface area contributed by atoms with E-state index in [1.807, 2.05) is 43.3 Å². The molecular weight excluding hydrogens is 350 g/mol. The average molecular weight is 366 g/mol. The van der Waals surface area contributed by atoms with Crippen molar-refractivity contribution < 1.29 is 9.84 Å². The average Bonchev–Trinajstić information content (AvgIpc) is 2.66. The minimum atomic E-state index is -0.216. The third-order valence-corrected chi connectivity index (χ3v) is 3.82. The van der Waals surface area contributed by atoms with Crippen LogP contribution >= 0.6 is 11.6 Å². The molecule has 3 aromatic rings. The van der Waals surface area contributed by atoms with Gasteiger partial charge in [0.1, 0.15) is 6.61 Å². The molecule has 1 aromatic heterocycles. The number of aryl methyl sites for hydroxylation is 1. The standard InChI is InChI=1S/C20H16ClN3O2/c1-14-4-6-15(7-5-14)18-20(26-13-3-2-12-25)22-19(24-23-18)16-8-10-17(21)11-9-16/h4-11,25H,12-13H2,1H3. The van der Waals surface area contributed by atoms with Gasteiger partial charge in [-0.05, 0) is 31.2 Å². The summed E-state index contributed by atoms with van der Waals surface area (Å²) in [5, 5.41) is 17.9. The van der Waals surface area contributed by atoms with E-state index in [4.69, 9.17) is 21.4 Å². The van der Waals surface area contributed by atoms with E-state index in [2.05, 4.69) is 27.0 Å². The Morgan fingerprint density at radius 2 is 1.65 bits per heavy atom. The van der Waals surface area contributed by atoms with Crippen LogP contribution in [0.4, 0.5) is 0 Å². The largest absolute Gasteiger partial charge is 0.463 e. The van der Waals surface area contributed by atoms with Gasteiger partial charge in [0, 0.05) is 16.1 Å². The molecule has 0 saturated heterocycles. The predicted octanol–water partition coefficient (Wildman–Crippen LogP) is 3.54. The SMILES string of the molecule is Cc1ccc(-c2nnc(-c3ccc(Cl)cc3)nc2OCC#CCO)cc1. The van der Waals surface area contributed by atoms with Gasteiger partial charge in [0.25, 0.3) is 0 Å². The lowest BCUT2D eigenvalue weighted by Crippen LogP contribution is -2.04. The number of nitrogens with zero attached hydrogens (tertiary/aromatic N) is 3. The van der Waals surface area contributed by atoms with Crippen LogP contribution < -0.4 is 4.74 Å². The van der Waals surface area contributed by atoms with E-state index in [1.165, 1.54) is 0 Å². The molecule has 0 fully saturated rings. The molecule has 130 valence electrons. The Labute approximate surface area is 156 Å². The Morgan fingerprint density at radius 1 is 0.962 bits per heavy atom. The lowest BCUT2D eigenvalue weighted by Gasteiger charge is -2.09. The zero-order valence-corrected chi connectivity index (χ0v) is 14.9. The van der Waals surface area contributed by atoms with E-state index < -0.39 is 0 Å². The summed E-state index contributed by atoms with van der Waals surface area (Å²) in [7, 11) is 0. The van der Waals surface area contributed by atoms with E-state index in [-0.39, 0.29) is 13.2 Å². The summed E-state index contributed by atoms with van der Waals surface area (Å²) in [6.07, 6.45) is 0. The molecule has 0 aliphatic carbocycles. The van der Waals surface area contributed by atoms with Gasteiger partial charge < -0.3 is 9.84 Å². The number of aromatic nitrogens is 3. The first-order valence-electron chi connectivity index (χ1n) is 7.94. The number of halogens is 1. The van der Waals surface area contributed by atoms with Crippen LogP contribution in [-0.4, -0.2) is 33.5 Å². The van der Waals surface area contributed by atoms with Gasteiger partial charge in [-0.2, -0.15) is 4.98 Å². The van der Waals surface area contributed by atoms with Crippen molar-refractivity contribution in [2.45, 2.75) is 6.92 Å². The molecule has 0 aliphatic rings. The second-order valence-electron chi connectivity index (χ2n) is 5.46. The number of hydrogen-bond donors (Lipinski definition) is 1. The van der Waals surface area contributed by atoms with Gasteiger partial charge >= 0.3 is 0 Å². The Morgan fingerprint density at radius 3 is 2.35 bits per heavy atom. The Bertz CT molecular complexity index is 946. The molecule has 0 bridgehead atoms.